The molecular weight excluding hydrogens is 196 g/mol. The second kappa shape index (κ2) is 3.25. The molecule has 2 rings (SSSR count). The Hall–Kier alpha value is -0.530. The van der Waals surface area contributed by atoms with E-state index in [0.717, 1.165) is 29.0 Å². The lowest BCUT2D eigenvalue weighted by atomic mass is 9.99. The highest BCUT2D eigenvalue weighted by Crippen LogP contribution is 2.46. The zero-order chi connectivity index (χ0) is 10.3. The van der Waals surface area contributed by atoms with E-state index in [0.29, 0.717) is 5.92 Å². The van der Waals surface area contributed by atoms with E-state index in [4.69, 9.17) is 11.6 Å². The predicted molar refractivity (Wildman–Crippen MR) is 58.7 cm³/mol. The van der Waals surface area contributed by atoms with Crippen molar-refractivity contribution in [3.05, 3.63) is 34.3 Å². The molecule has 0 spiro atoms. The molecule has 0 radical (unpaired) electrons. The summed E-state index contributed by atoms with van der Waals surface area (Å²) in [7, 11) is 0. The van der Waals surface area contributed by atoms with E-state index in [1.165, 1.54) is 0 Å². The summed E-state index contributed by atoms with van der Waals surface area (Å²) < 4.78 is 0. The van der Waals surface area contributed by atoms with Crippen molar-refractivity contribution in [1.29, 1.82) is 0 Å². The third-order valence-corrected chi connectivity index (χ3v) is 3.21. The van der Waals surface area contributed by atoms with Gasteiger partial charge < -0.3 is 5.11 Å². The standard InChI is InChI=1S/C12H15ClO/c1-8(2)10-4-3-9(7-11(10)13)12(14)5-6-12/h3-4,7-8,14H,5-6H2,1-2H3. The van der Waals surface area contributed by atoms with Crippen molar-refractivity contribution in [3.63, 3.8) is 0 Å². The molecule has 0 bridgehead atoms. The van der Waals surface area contributed by atoms with Gasteiger partial charge in [0.1, 0.15) is 0 Å². The maximum absolute atomic E-state index is 9.90. The average Bonchev–Trinajstić information content (AvgIpc) is 2.84. The fraction of sp³-hybridized carbons (Fsp3) is 0.500. The monoisotopic (exact) mass is 210 g/mol. The van der Waals surface area contributed by atoms with Crippen LogP contribution in [0.1, 0.15) is 43.7 Å². The maximum atomic E-state index is 9.90. The Labute approximate surface area is 89.7 Å². The van der Waals surface area contributed by atoms with Crippen LogP contribution in [-0.4, -0.2) is 5.11 Å². The van der Waals surface area contributed by atoms with E-state index in [1.807, 2.05) is 18.2 Å². The normalized spacial score (nSPS) is 18.6. The van der Waals surface area contributed by atoms with E-state index in [1.54, 1.807) is 0 Å². The molecule has 0 aliphatic heterocycles. The Morgan fingerprint density at radius 1 is 1.36 bits per heavy atom. The minimum Gasteiger partial charge on any atom is -0.385 e. The molecule has 0 saturated heterocycles. The van der Waals surface area contributed by atoms with Crippen molar-refractivity contribution >= 4 is 11.6 Å². The van der Waals surface area contributed by atoms with Crippen molar-refractivity contribution < 1.29 is 5.11 Å². The predicted octanol–water partition coefficient (Wildman–Crippen LogP) is 3.44. The Bertz CT molecular complexity index is 353. The number of rotatable bonds is 2. The summed E-state index contributed by atoms with van der Waals surface area (Å²) in [5, 5.41) is 10.7. The molecule has 1 aromatic carbocycles. The van der Waals surface area contributed by atoms with Crippen LogP contribution in [-0.2, 0) is 5.60 Å². The van der Waals surface area contributed by atoms with Gasteiger partial charge in [-0.25, -0.2) is 0 Å². The maximum Gasteiger partial charge on any atom is 0.0899 e. The third kappa shape index (κ3) is 1.67. The fourth-order valence-corrected chi connectivity index (χ4v) is 2.09. The van der Waals surface area contributed by atoms with Gasteiger partial charge in [0.15, 0.2) is 0 Å². The molecule has 0 atom stereocenters. The van der Waals surface area contributed by atoms with E-state index in [9.17, 15) is 5.11 Å². The molecule has 1 fully saturated rings. The van der Waals surface area contributed by atoms with Crippen molar-refractivity contribution in [2.24, 2.45) is 0 Å². The van der Waals surface area contributed by atoms with Crippen LogP contribution < -0.4 is 0 Å². The van der Waals surface area contributed by atoms with Gasteiger partial charge >= 0.3 is 0 Å². The highest BCUT2D eigenvalue weighted by molar-refractivity contribution is 6.31. The summed E-state index contributed by atoms with van der Waals surface area (Å²) in [4.78, 5) is 0. The molecule has 0 unspecified atom stereocenters. The van der Waals surface area contributed by atoms with Crippen LogP contribution in [0, 0.1) is 0 Å². The second-order valence-electron chi connectivity index (χ2n) is 4.42. The molecule has 14 heavy (non-hydrogen) atoms. The van der Waals surface area contributed by atoms with Gasteiger partial charge in [0.2, 0.25) is 0 Å². The highest BCUT2D eigenvalue weighted by atomic mass is 35.5. The molecule has 1 N–H and O–H groups in total. The lowest BCUT2D eigenvalue weighted by Gasteiger charge is -2.12. The Morgan fingerprint density at radius 3 is 2.43 bits per heavy atom. The van der Waals surface area contributed by atoms with Gasteiger partial charge in [0, 0.05) is 5.02 Å². The summed E-state index contributed by atoms with van der Waals surface area (Å²) in [6.07, 6.45) is 1.73. The van der Waals surface area contributed by atoms with Crippen LogP contribution in [0.5, 0.6) is 0 Å². The smallest absolute Gasteiger partial charge is 0.0899 e. The van der Waals surface area contributed by atoms with Crippen molar-refractivity contribution in [2.45, 2.75) is 38.2 Å². The summed E-state index contributed by atoms with van der Waals surface area (Å²) in [5.41, 5.74) is 1.55. The van der Waals surface area contributed by atoms with Crippen molar-refractivity contribution in [2.75, 3.05) is 0 Å². The van der Waals surface area contributed by atoms with Crippen LogP contribution in [0.4, 0.5) is 0 Å². The largest absolute Gasteiger partial charge is 0.385 e. The van der Waals surface area contributed by atoms with Gasteiger partial charge in [-0.05, 0) is 36.0 Å². The Morgan fingerprint density at radius 2 is 2.00 bits per heavy atom. The van der Waals surface area contributed by atoms with Crippen LogP contribution in [0.15, 0.2) is 18.2 Å². The Balaban J connectivity index is 2.36. The lowest BCUT2D eigenvalue weighted by Crippen LogP contribution is -2.04. The van der Waals surface area contributed by atoms with E-state index < -0.39 is 5.60 Å². The average molecular weight is 211 g/mol. The topological polar surface area (TPSA) is 20.2 Å². The quantitative estimate of drug-likeness (QED) is 0.793. The van der Waals surface area contributed by atoms with Gasteiger partial charge in [0.25, 0.3) is 0 Å². The molecule has 0 amide bonds. The summed E-state index contributed by atoms with van der Waals surface area (Å²) >= 11 is 6.15. The van der Waals surface area contributed by atoms with E-state index in [2.05, 4.69) is 13.8 Å². The molecule has 76 valence electrons. The number of benzene rings is 1. The van der Waals surface area contributed by atoms with Gasteiger partial charge in [-0.15, -0.1) is 0 Å². The number of hydrogen-bond donors (Lipinski definition) is 1. The molecule has 2 heteroatoms. The van der Waals surface area contributed by atoms with Gasteiger partial charge in [-0.2, -0.15) is 0 Å². The number of hydrogen-bond acceptors (Lipinski definition) is 1. The third-order valence-electron chi connectivity index (χ3n) is 2.88. The Kier molecular flexibility index (Phi) is 2.32. The summed E-state index contributed by atoms with van der Waals surface area (Å²) in [6, 6.07) is 5.93. The molecule has 1 aromatic rings. The zero-order valence-corrected chi connectivity index (χ0v) is 9.30. The van der Waals surface area contributed by atoms with E-state index in [-0.39, 0.29) is 0 Å². The molecule has 1 saturated carbocycles. The summed E-state index contributed by atoms with van der Waals surface area (Å²) in [5.74, 6) is 0.436. The first-order valence-electron chi connectivity index (χ1n) is 5.05. The van der Waals surface area contributed by atoms with Gasteiger partial charge in [0.05, 0.1) is 5.60 Å². The molecular formula is C12H15ClO. The molecule has 1 aliphatic carbocycles. The van der Waals surface area contributed by atoms with Crippen LogP contribution in [0.25, 0.3) is 0 Å². The minimum absolute atomic E-state index is 0.436. The van der Waals surface area contributed by atoms with Gasteiger partial charge in [-0.1, -0.05) is 37.6 Å². The fourth-order valence-electron chi connectivity index (χ4n) is 1.69. The first-order chi connectivity index (χ1) is 6.53. The molecule has 1 nitrogen and oxygen atoms in total. The van der Waals surface area contributed by atoms with Crippen LogP contribution in [0.3, 0.4) is 0 Å². The minimum atomic E-state index is -0.570. The first-order valence-corrected chi connectivity index (χ1v) is 5.43. The lowest BCUT2D eigenvalue weighted by molar-refractivity contribution is 0.151. The molecule has 1 aliphatic rings. The molecule has 0 heterocycles. The first kappa shape index (κ1) is 10.0. The summed E-state index contributed by atoms with van der Waals surface area (Å²) in [6.45, 7) is 4.24. The van der Waals surface area contributed by atoms with Crippen LogP contribution in [0.2, 0.25) is 5.02 Å². The number of aliphatic hydroxyl groups is 1. The van der Waals surface area contributed by atoms with Crippen molar-refractivity contribution in [1.82, 2.24) is 0 Å². The zero-order valence-electron chi connectivity index (χ0n) is 8.55. The van der Waals surface area contributed by atoms with Crippen molar-refractivity contribution in [3.8, 4) is 0 Å². The van der Waals surface area contributed by atoms with Crippen LogP contribution >= 0.6 is 11.6 Å². The van der Waals surface area contributed by atoms with E-state index >= 15 is 0 Å². The molecule has 0 aromatic heterocycles. The van der Waals surface area contributed by atoms with Gasteiger partial charge in [-0.3, -0.25) is 0 Å². The highest BCUT2D eigenvalue weighted by Gasteiger charge is 2.42. The SMILES string of the molecule is CC(C)c1ccc(C2(O)CC2)cc1Cl. The second-order valence-corrected chi connectivity index (χ2v) is 4.83. The number of halogens is 1.